The fraction of sp³-hybridized carbons (Fsp3) is 0.545. The molecule has 1 amide bonds. The van der Waals surface area contributed by atoms with Gasteiger partial charge in [0.15, 0.2) is 4.67 Å². The van der Waals surface area contributed by atoms with Crippen molar-refractivity contribution < 1.29 is 9.21 Å². The second-order valence-corrected chi connectivity index (χ2v) is 4.49. The molecule has 0 spiro atoms. The molecule has 3 nitrogen and oxygen atoms in total. The molecule has 0 aliphatic heterocycles. The van der Waals surface area contributed by atoms with Crippen LogP contribution < -0.4 is 0 Å². The largest absolute Gasteiger partial charge is 0.452 e. The van der Waals surface area contributed by atoms with Gasteiger partial charge in [-0.1, -0.05) is 13.8 Å². The van der Waals surface area contributed by atoms with E-state index < -0.39 is 0 Å². The molecule has 0 fully saturated rings. The van der Waals surface area contributed by atoms with Crippen molar-refractivity contribution in [3.8, 4) is 0 Å². The van der Waals surface area contributed by atoms with Crippen LogP contribution in [0.15, 0.2) is 21.2 Å². The Morgan fingerprint density at radius 2 is 2.27 bits per heavy atom. The standard InChI is InChI=1S/C11H16BrNO2/c1-4-8(2)11(14)13(3)7-9-5-6-10(12)15-9/h5-6,8H,4,7H2,1-3H3/t8-/m1/s1. The molecule has 0 saturated heterocycles. The summed E-state index contributed by atoms with van der Waals surface area (Å²) in [6, 6.07) is 3.70. The van der Waals surface area contributed by atoms with E-state index in [2.05, 4.69) is 15.9 Å². The van der Waals surface area contributed by atoms with Crippen LogP contribution in [-0.2, 0) is 11.3 Å². The maximum absolute atomic E-state index is 11.8. The molecule has 0 N–H and O–H groups in total. The van der Waals surface area contributed by atoms with Gasteiger partial charge >= 0.3 is 0 Å². The molecule has 1 rings (SSSR count). The molecule has 0 aromatic carbocycles. The SMILES string of the molecule is CC[C@@H](C)C(=O)N(C)Cc1ccc(Br)o1. The van der Waals surface area contributed by atoms with Crippen LogP contribution in [0.4, 0.5) is 0 Å². The fourth-order valence-electron chi connectivity index (χ4n) is 1.30. The van der Waals surface area contributed by atoms with Gasteiger partial charge in [0.1, 0.15) is 5.76 Å². The summed E-state index contributed by atoms with van der Waals surface area (Å²) < 4.78 is 6.04. The predicted octanol–water partition coefficient (Wildman–Crippen LogP) is 3.05. The maximum Gasteiger partial charge on any atom is 0.225 e. The van der Waals surface area contributed by atoms with Gasteiger partial charge in [-0.3, -0.25) is 4.79 Å². The number of carbonyl (C=O) groups is 1. The minimum absolute atomic E-state index is 0.0772. The summed E-state index contributed by atoms with van der Waals surface area (Å²) in [4.78, 5) is 13.5. The third-order valence-corrected chi connectivity index (χ3v) is 2.86. The fourth-order valence-corrected chi connectivity index (χ4v) is 1.64. The Bertz CT molecular complexity index is 335. The zero-order valence-electron chi connectivity index (χ0n) is 9.29. The summed E-state index contributed by atoms with van der Waals surface area (Å²) in [7, 11) is 1.80. The smallest absolute Gasteiger partial charge is 0.225 e. The molecule has 0 aliphatic carbocycles. The lowest BCUT2D eigenvalue weighted by Gasteiger charge is -2.19. The lowest BCUT2D eigenvalue weighted by atomic mass is 10.1. The van der Waals surface area contributed by atoms with E-state index in [1.807, 2.05) is 26.0 Å². The number of carbonyl (C=O) groups excluding carboxylic acids is 1. The maximum atomic E-state index is 11.8. The summed E-state index contributed by atoms with van der Waals surface area (Å²) in [5.74, 6) is 1.03. The van der Waals surface area contributed by atoms with Crippen LogP contribution in [0.2, 0.25) is 0 Å². The molecule has 1 aromatic rings. The first-order valence-corrected chi connectivity index (χ1v) is 5.83. The molecule has 1 atom stereocenters. The van der Waals surface area contributed by atoms with Gasteiger partial charge in [0.2, 0.25) is 5.91 Å². The zero-order valence-corrected chi connectivity index (χ0v) is 10.9. The van der Waals surface area contributed by atoms with Crippen LogP contribution >= 0.6 is 15.9 Å². The Morgan fingerprint density at radius 1 is 1.60 bits per heavy atom. The zero-order chi connectivity index (χ0) is 11.4. The molecule has 0 unspecified atom stereocenters. The first-order valence-electron chi connectivity index (χ1n) is 5.03. The van der Waals surface area contributed by atoms with Crippen LogP contribution in [0.25, 0.3) is 0 Å². The number of nitrogens with zero attached hydrogens (tertiary/aromatic N) is 1. The molecule has 1 aromatic heterocycles. The number of hydrogen-bond acceptors (Lipinski definition) is 2. The van der Waals surface area contributed by atoms with Crippen molar-refractivity contribution in [2.75, 3.05) is 7.05 Å². The van der Waals surface area contributed by atoms with E-state index in [1.165, 1.54) is 0 Å². The average Bonchev–Trinajstić information content (AvgIpc) is 2.61. The van der Waals surface area contributed by atoms with Crippen molar-refractivity contribution in [1.29, 1.82) is 0 Å². The van der Waals surface area contributed by atoms with E-state index in [4.69, 9.17) is 4.42 Å². The topological polar surface area (TPSA) is 33.5 Å². The van der Waals surface area contributed by atoms with Crippen molar-refractivity contribution in [1.82, 2.24) is 4.90 Å². The highest BCUT2D eigenvalue weighted by atomic mass is 79.9. The lowest BCUT2D eigenvalue weighted by molar-refractivity contribution is -0.134. The highest BCUT2D eigenvalue weighted by Crippen LogP contribution is 2.16. The number of halogens is 1. The Labute approximate surface area is 98.6 Å². The van der Waals surface area contributed by atoms with Crippen molar-refractivity contribution in [2.24, 2.45) is 5.92 Å². The van der Waals surface area contributed by atoms with Gasteiger partial charge in [-0.2, -0.15) is 0 Å². The summed E-state index contributed by atoms with van der Waals surface area (Å²) >= 11 is 3.23. The van der Waals surface area contributed by atoms with Gasteiger partial charge < -0.3 is 9.32 Å². The summed E-state index contributed by atoms with van der Waals surface area (Å²) in [5.41, 5.74) is 0. The highest BCUT2D eigenvalue weighted by Gasteiger charge is 2.16. The van der Waals surface area contributed by atoms with Gasteiger partial charge in [-0.15, -0.1) is 0 Å². The van der Waals surface area contributed by atoms with Crippen molar-refractivity contribution in [3.63, 3.8) is 0 Å². The van der Waals surface area contributed by atoms with E-state index in [0.29, 0.717) is 11.2 Å². The Hall–Kier alpha value is -0.770. The third-order valence-electron chi connectivity index (χ3n) is 2.43. The molecule has 84 valence electrons. The van der Waals surface area contributed by atoms with Gasteiger partial charge in [0, 0.05) is 13.0 Å². The summed E-state index contributed by atoms with van der Waals surface area (Å²) in [5, 5.41) is 0. The molecule has 4 heteroatoms. The monoisotopic (exact) mass is 273 g/mol. The van der Waals surface area contributed by atoms with Crippen LogP contribution in [-0.4, -0.2) is 17.9 Å². The van der Waals surface area contributed by atoms with Gasteiger partial charge in [-0.05, 0) is 34.5 Å². The van der Waals surface area contributed by atoms with Gasteiger partial charge in [0.05, 0.1) is 6.54 Å². The van der Waals surface area contributed by atoms with E-state index in [9.17, 15) is 4.79 Å². The van der Waals surface area contributed by atoms with E-state index >= 15 is 0 Å². The van der Waals surface area contributed by atoms with Crippen LogP contribution in [0.3, 0.4) is 0 Å². The van der Waals surface area contributed by atoms with Crippen molar-refractivity contribution in [3.05, 3.63) is 22.6 Å². The number of hydrogen-bond donors (Lipinski definition) is 0. The Morgan fingerprint density at radius 3 is 2.73 bits per heavy atom. The molecular weight excluding hydrogens is 258 g/mol. The van der Waals surface area contributed by atoms with Crippen molar-refractivity contribution in [2.45, 2.75) is 26.8 Å². The number of furan rings is 1. The predicted molar refractivity (Wildman–Crippen MR) is 62.3 cm³/mol. The minimum Gasteiger partial charge on any atom is -0.452 e. The second-order valence-electron chi connectivity index (χ2n) is 3.71. The summed E-state index contributed by atoms with van der Waals surface area (Å²) in [6.07, 6.45) is 0.866. The van der Waals surface area contributed by atoms with Crippen LogP contribution in [0, 0.1) is 5.92 Å². The van der Waals surface area contributed by atoms with E-state index in [-0.39, 0.29) is 11.8 Å². The van der Waals surface area contributed by atoms with Gasteiger partial charge in [0.25, 0.3) is 0 Å². The van der Waals surface area contributed by atoms with E-state index in [0.717, 1.165) is 12.2 Å². The summed E-state index contributed by atoms with van der Waals surface area (Å²) in [6.45, 7) is 4.48. The van der Waals surface area contributed by atoms with Gasteiger partial charge in [-0.25, -0.2) is 0 Å². The molecule has 0 radical (unpaired) electrons. The molecule has 1 heterocycles. The molecule has 0 saturated carbocycles. The normalized spacial score (nSPS) is 12.5. The molecule has 15 heavy (non-hydrogen) atoms. The number of rotatable bonds is 4. The Balaban J connectivity index is 2.55. The van der Waals surface area contributed by atoms with Crippen LogP contribution in [0.5, 0.6) is 0 Å². The van der Waals surface area contributed by atoms with E-state index in [1.54, 1.807) is 11.9 Å². The Kier molecular flexibility index (Phi) is 4.39. The average molecular weight is 274 g/mol. The van der Waals surface area contributed by atoms with Crippen LogP contribution in [0.1, 0.15) is 26.0 Å². The first-order chi connectivity index (χ1) is 7.04. The lowest BCUT2D eigenvalue weighted by Crippen LogP contribution is -2.30. The molecular formula is C11H16BrNO2. The number of amides is 1. The minimum atomic E-state index is 0.0772. The third kappa shape index (κ3) is 3.38. The van der Waals surface area contributed by atoms with Crippen molar-refractivity contribution >= 4 is 21.8 Å². The second kappa shape index (κ2) is 5.35. The first kappa shape index (κ1) is 12.3. The quantitative estimate of drug-likeness (QED) is 0.845. The molecule has 0 bridgehead atoms. The molecule has 0 aliphatic rings. The highest BCUT2D eigenvalue weighted by molar-refractivity contribution is 9.10.